The van der Waals surface area contributed by atoms with E-state index in [1.54, 1.807) is 18.3 Å². The van der Waals surface area contributed by atoms with E-state index in [9.17, 15) is 20.1 Å². The van der Waals surface area contributed by atoms with Gasteiger partial charge < -0.3 is 30.4 Å². The number of hydrogen-bond acceptors (Lipinski definition) is 14. The minimum Gasteiger partial charge on any atom is -0.492 e. The summed E-state index contributed by atoms with van der Waals surface area (Å²) in [4.78, 5) is 43.4. The summed E-state index contributed by atoms with van der Waals surface area (Å²) in [5, 5.41) is 28.1. The lowest BCUT2D eigenvalue weighted by molar-refractivity contribution is -0.161. The number of halogens is 1. The quantitative estimate of drug-likeness (QED) is 0.0493. The number of nitrogens with one attached hydrogen (secondary N) is 2. The Labute approximate surface area is 325 Å². The molecule has 1 aliphatic heterocycles. The minimum atomic E-state index is -0.941. The number of aromatic nitrogens is 4. The molecule has 0 spiro atoms. The van der Waals surface area contributed by atoms with Gasteiger partial charge in [-0.15, -0.1) is 11.3 Å². The van der Waals surface area contributed by atoms with E-state index in [-0.39, 0.29) is 19.6 Å². The largest absolute Gasteiger partial charge is 0.492 e. The highest BCUT2D eigenvalue weighted by Gasteiger charge is 2.27. The van der Waals surface area contributed by atoms with Crippen LogP contribution in [0.3, 0.4) is 0 Å². The maximum absolute atomic E-state index is 12.7. The molecule has 54 heavy (non-hydrogen) atoms. The van der Waals surface area contributed by atoms with Gasteiger partial charge in [-0.25, -0.2) is 24.5 Å². The molecule has 1 aliphatic rings. The molecule has 2 aromatic carbocycles. The molecule has 0 aliphatic carbocycles. The molecule has 0 bridgehead atoms. The van der Waals surface area contributed by atoms with Gasteiger partial charge in [-0.3, -0.25) is 0 Å². The molecule has 5 aromatic rings. The Balaban J connectivity index is 1.18. The predicted octanol–water partition coefficient (Wildman–Crippen LogP) is 5.88. The molecule has 0 amide bonds. The predicted molar refractivity (Wildman–Crippen MR) is 207 cm³/mol. The Morgan fingerprint density at radius 1 is 1.06 bits per heavy atom. The normalized spacial score (nSPS) is 13.5. The molecule has 4 heterocycles. The molecule has 4 N–H and O–H groups in total. The van der Waals surface area contributed by atoms with E-state index < -0.39 is 24.0 Å². The molecule has 6 rings (SSSR count). The maximum atomic E-state index is 12.7. The van der Waals surface area contributed by atoms with Gasteiger partial charge in [-0.2, -0.15) is 10.5 Å². The molecular weight excluding hydrogens is 746 g/mol. The summed E-state index contributed by atoms with van der Waals surface area (Å²) >= 11 is 9.02. The Bertz CT molecular complexity index is 2160. The number of nitriles is 2. The van der Waals surface area contributed by atoms with Gasteiger partial charge in [-0.05, 0) is 49.6 Å². The van der Waals surface area contributed by atoms with Crippen molar-refractivity contribution in [2.75, 3.05) is 31.1 Å². The van der Waals surface area contributed by atoms with Crippen molar-refractivity contribution in [2.45, 2.75) is 49.0 Å². The lowest BCUT2D eigenvalue weighted by atomic mass is 9.96. The fraction of sp³-hybridized carbons (Fsp3) is 0.289. The summed E-state index contributed by atoms with van der Waals surface area (Å²) in [6.07, 6.45) is 5.28. The van der Waals surface area contributed by atoms with Crippen LogP contribution >= 0.6 is 34.7 Å². The van der Waals surface area contributed by atoms with Gasteiger partial charge in [0.25, 0.3) is 0 Å². The average molecular weight is 782 g/mol. The van der Waals surface area contributed by atoms with Crippen molar-refractivity contribution in [3.05, 3.63) is 94.0 Å². The molecule has 2 atom stereocenters. The third-order valence-corrected chi connectivity index (χ3v) is 10.7. The zero-order chi connectivity index (χ0) is 38.0. The van der Waals surface area contributed by atoms with Crippen LogP contribution < -0.4 is 20.7 Å². The number of pyridine rings is 1. The van der Waals surface area contributed by atoms with E-state index in [2.05, 4.69) is 32.3 Å². The van der Waals surface area contributed by atoms with Gasteiger partial charge in [0.05, 0.1) is 17.6 Å². The first-order chi connectivity index (χ1) is 26.2. The van der Waals surface area contributed by atoms with E-state index in [0.717, 1.165) is 42.2 Å². The van der Waals surface area contributed by atoms with Crippen LogP contribution in [0.15, 0.2) is 71.5 Å². The SMILES string of the molecule is C[C@H](N)C(=O)OC(=O)[C@H](Cc1cnc[nH]1)NCCOc1ccc(-c2c(C#N)c(SCc3csc(-c4ccc(Cl)cc4)n3)nc(N3CCCC3)c2C#N)cc1. The molecule has 0 unspecified atom stereocenters. The highest BCUT2D eigenvalue weighted by Crippen LogP contribution is 2.40. The lowest BCUT2D eigenvalue weighted by Gasteiger charge is -2.22. The zero-order valence-corrected chi connectivity index (χ0v) is 31.6. The van der Waals surface area contributed by atoms with Crippen molar-refractivity contribution in [3.8, 4) is 39.6 Å². The van der Waals surface area contributed by atoms with Gasteiger partial charge >= 0.3 is 11.9 Å². The van der Waals surface area contributed by atoms with Crippen LogP contribution in [0.4, 0.5) is 5.82 Å². The summed E-state index contributed by atoms with van der Waals surface area (Å²) < 4.78 is 10.9. The topological polar surface area (TPSA) is 196 Å². The second-order valence-corrected chi connectivity index (χ2v) is 14.7. The Hall–Kier alpha value is -5.29. The molecule has 16 heteroatoms. The van der Waals surface area contributed by atoms with E-state index in [1.165, 1.54) is 36.3 Å². The number of rotatable bonds is 15. The third-order valence-electron chi connectivity index (χ3n) is 8.51. The number of carbonyl (C=O) groups is 2. The van der Waals surface area contributed by atoms with Crippen LogP contribution in [0, 0.1) is 22.7 Å². The number of H-pyrrole nitrogens is 1. The van der Waals surface area contributed by atoms with Crippen molar-refractivity contribution in [2.24, 2.45) is 5.73 Å². The highest BCUT2D eigenvalue weighted by molar-refractivity contribution is 7.98. The zero-order valence-electron chi connectivity index (χ0n) is 29.3. The molecule has 1 saturated heterocycles. The first kappa shape index (κ1) is 38.4. The Morgan fingerprint density at radius 3 is 2.44 bits per heavy atom. The van der Waals surface area contributed by atoms with E-state index in [0.29, 0.717) is 55.3 Å². The second kappa shape index (κ2) is 18.2. The monoisotopic (exact) mass is 781 g/mol. The molecule has 0 radical (unpaired) electrons. The smallest absolute Gasteiger partial charge is 0.331 e. The third kappa shape index (κ3) is 9.43. The summed E-state index contributed by atoms with van der Waals surface area (Å²) in [5.74, 6) is 0.0305. The van der Waals surface area contributed by atoms with Gasteiger partial charge in [0.15, 0.2) is 0 Å². The number of imidazole rings is 1. The maximum Gasteiger partial charge on any atom is 0.331 e. The average Bonchev–Trinajstić information content (AvgIpc) is 3.99. The number of benzene rings is 2. The Kier molecular flexibility index (Phi) is 12.9. The number of hydrogen-bond donors (Lipinski definition) is 3. The van der Waals surface area contributed by atoms with E-state index >= 15 is 0 Å². The number of aromatic amines is 1. The number of thioether (sulfide) groups is 1. The number of anilines is 1. The number of nitrogens with zero attached hydrogens (tertiary/aromatic N) is 6. The molecule has 0 saturated carbocycles. The fourth-order valence-corrected chi connectivity index (χ4v) is 7.72. The van der Waals surface area contributed by atoms with E-state index in [4.69, 9.17) is 36.8 Å². The van der Waals surface area contributed by atoms with Crippen molar-refractivity contribution in [3.63, 3.8) is 0 Å². The van der Waals surface area contributed by atoms with Crippen LogP contribution in [0.5, 0.6) is 5.75 Å². The Morgan fingerprint density at radius 2 is 1.78 bits per heavy atom. The first-order valence-electron chi connectivity index (χ1n) is 17.1. The summed E-state index contributed by atoms with van der Waals surface area (Å²) in [6, 6.07) is 17.6. The minimum absolute atomic E-state index is 0.186. The van der Waals surface area contributed by atoms with Gasteiger partial charge in [0.2, 0.25) is 0 Å². The van der Waals surface area contributed by atoms with Crippen molar-refractivity contribution in [1.82, 2.24) is 25.3 Å². The number of ether oxygens (including phenoxy) is 2. The van der Waals surface area contributed by atoms with Gasteiger partial charge in [0.1, 0.15) is 58.0 Å². The first-order valence-corrected chi connectivity index (χ1v) is 19.4. The molecule has 276 valence electrons. The van der Waals surface area contributed by atoms with Crippen LogP contribution in [-0.4, -0.2) is 70.2 Å². The second-order valence-electron chi connectivity index (χ2n) is 12.4. The number of thiazole rings is 1. The van der Waals surface area contributed by atoms with Crippen LogP contribution in [0.1, 0.15) is 42.3 Å². The number of nitrogens with two attached hydrogens (primary N) is 1. The number of esters is 2. The lowest BCUT2D eigenvalue weighted by Crippen LogP contribution is -2.44. The van der Waals surface area contributed by atoms with Crippen LogP contribution in [0.25, 0.3) is 21.7 Å². The summed E-state index contributed by atoms with van der Waals surface area (Å²) in [7, 11) is 0. The standard InChI is InChI=1S/C38H36ClN9O4S2/c1-23(42)37(49)52-38(50)32(16-27-19-43-22-45-27)44-12-15-51-29-10-6-24(7-11-29)33-30(17-40)34(48-13-2-3-14-48)47-36(31(33)18-41)54-21-28-20-53-35(46-28)25-4-8-26(39)9-5-25/h4-11,19-20,22-23,32,44H,2-3,12-16,21,42H2,1H3,(H,43,45)/t23-,32-/m0/s1. The molecule has 13 nitrogen and oxygen atoms in total. The molecule has 3 aromatic heterocycles. The van der Waals surface area contributed by atoms with Gasteiger partial charge in [-0.1, -0.05) is 47.6 Å². The van der Waals surface area contributed by atoms with Crippen LogP contribution in [0.2, 0.25) is 5.02 Å². The number of carbonyl (C=O) groups excluding carboxylic acids is 2. The highest BCUT2D eigenvalue weighted by atomic mass is 35.5. The van der Waals surface area contributed by atoms with Gasteiger partial charge in [0, 0.05) is 65.2 Å². The molecule has 1 fully saturated rings. The van der Waals surface area contributed by atoms with Crippen molar-refractivity contribution >= 4 is 52.5 Å². The summed E-state index contributed by atoms with van der Waals surface area (Å²) in [6.45, 7) is 3.43. The van der Waals surface area contributed by atoms with Crippen molar-refractivity contribution in [1.29, 1.82) is 10.5 Å². The summed E-state index contributed by atoms with van der Waals surface area (Å²) in [5.41, 5.74) is 9.95. The molecular formula is C38H36ClN9O4S2. The van der Waals surface area contributed by atoms with E-state index in [1.807, 2.05) is 41.8 Å². The van der Waals surface area contributed by atoms with Crippen LogP contribution in [-0.2, 0) is 26.5 Å². The van der Waals surface area contributed by atoms with Crippen molar-refractivity contribution < 1.29 is 19.1 Å². The fourth-order valence-electron chi connectivity index (χ4n) is 5.79.